The second-order valence-electron chi connectivity index (χ2n) is 5.96. The van der Waals surface area contributed by atoms with E-state index in [1.54, 1.807) is 0 Å². The van der Waals surface area contributed by atoms with Crippen molar-refractivity contribution >= 4 is 35.5 Å². The summed E-state index contributed by atoms with van der Waals surface area (Å²) in [5.74, 6) is 1.06. The van der Waals surface area contributed by atoms with Crippen molar-refractivity contribution in [1.29, 1.82) is 0 Å². The summed E-state index contributed by atoms with van der Waals surface area (Å²) in [7, 11) is 0. The van der Waals surface area contributed by atoms with Crippen LogP contribution >= 0.6 is 24.0 Å². The largest absolute Gasteiger partial charge is 0.317 e. The Hall–Kier alpha value is -1.88. The molecule has 0 amide bonds. The molecule has 24 heavy (non-hydrogen) atoms. The van der Waals surface area contributed by atoms with Gasteiger partial charge in [0.25, 0.3) is 0 Å². The minimum absolute atomic E-state index is 0. The Labute approximate surface area is 160 Å². The fourth-order valence-electron chi connectivity index (χ4n) is 3.27. The second kappa shape index (κ2) is 7.34. The lowest BCUT2D eigenvalue weighted by molar-refractivity contribution is 0.739. The quantitative estimate of drug-likeness (QED) is 0.629. The first-order chi connectivity index (χ1) is 11.4. The van der Waals surface area contributed by atoms with Crippen LogP contribution in [0.2, 0.25) is 0 Å². The maximum Gasteiger partial charge on any atom is 0.136 e. The van der Waals surface area contributed by atoms with Gasteiger partial charge >= 0.3 is 0 Å². The van der Waals surface area contributed by atoms with Crippen LogP contribution in [0.3, 0.4) is 0 Å². The fourth-order valence-corrected chi connectivity index (χ4v) is 3.27. The number of rotatable bonds is 3. The summed E-state index contributed by atoms with van der Waals surface area (Å²) in [6.07, 6.45) is 9.71. The van der Waals surface area contributed by atoms with E-state index in [0.717, 1.165) is 12.3 Å². The van der Waals surface area contributed by atoms with Crippen molar-refractivity contribution in [3.05, 3.63) is 90.0 Å². The van der Waals surface area contributed by atoms with Gasteiger partial charge in [0.15, 0.2) is 0 Å². The minimum atomic E-state index is 0. The Kier molecular flexibility index (Phi) is 5.19. The summed E-state index contributed by atoms with van der Waals surface area (Å²) in [5.41, 5.74) is 3.73. The zero-order valence-corrected chi connectivity index (χ0v) is 16.0. The number of halogens is 1. The molecule has 0 saturated carbocycles. The van der Waals surface area contributed by atoms with Crippen molar-refractivity contribution in [2.45, 2.75) is 25.4 Å². The Morgan fingerprint density at radius 3 is 2.33 bits per heavy atom. The first kappa shape index (κ1) is 17.0. The highest BCUT2D eigenvalue weighted by atomic mass is 127. The summed E-state index contributed by atoms with van der Waals surface area (Å²) in [6, 6.07) is 19.8. The number of benzene rings is 2. The summed E-state index contributed by atoms with van der Waals surface area (Å²) < 4.78 is 0. The van der Waals surface area contributed by atoms with Gasteiger partial charge in [-0.05, 0) is 24.1 Å². The lowest BCUT2D eigenvalue weighted by Gasteiger charge is -2.29. The SMILES string of the molecule is CCc1ccc(C2=NC3C=CC=CC3N2c2ccccc2)cc1.I. The number of hydrogen-bond donors (Lipinski definition) is 0. The van der Waals surface area contributed by atoms with Crippen LogP contribution in [-0.2, 0) is 6.42 Å². The Bertz CT molecular complexity index is 775. The molecular formula is C21H21IN2. The van der Waals surface area contributed by atoms with E-state index in [4.69, 9.17) is 4.99 Å². The Morgan fingerprint density at radius 2 is 1.62 bits per heavy atom. The molecule has 0 fully saturated rings. The molecule has 1 heterocycles. The van der Waals surface area contributed by atoms with Gasteiger partial charge in [-0.15, -0.1) is 24.0 Å². The zero-order valence-electron chi connectivity index (χ0n) is 13.7. The summed E-state index contributed by atoms with van der Waals surface area (Å²) >= 11 is 0. The van der Waals surface area contributed by atoms with Crippen molar-refractivity contribution in [2.24, 2.45) is 4.99 Å². The molecule has 2 unspecified atom stereocenters. The van der Waals surface area contributed by atoms with Gasteiger partial charge in [0, 0.05) is 11.3 Å². The van der Waals surface area contributed by atoms with Gasteiger partial charge in [0.05, 0.1) is 12.1 Å². The molecule has 0 bridgehead atoms. The van der Waals surface area contributed by atoms with E-state index < -0.39 is 0 Å². The van der Waals surface area contributed by atoms with Crippen LogP contribution in [0.4, 0.5) is 5.69 Å². The molecule has 0 aromatic heterocycles. The van der Waals surface area contributed by atoms with Crippen LogP contribution in [0.25, 0.3) is 0 Å². The van der Waals surface area contributed by atoms with Gasteiger partial charge in [-0.1, -0.05) is 73.7 Å². The number of hydrogen-bond acceptors (Lipinski definition) is 2. The monoisotopic (exact) mass is 428 g/mol. The van der Waals surface area contributed by atoms with E-state index in [9.17, 15) is 0 Å². The number of aryl methyl sites for hydroxylation is 1. The number of nitrogens with zero attached hydrogens (tertiary/aromatic N) is 2. The standard InChI is InChI=1S/C21H20N2.HI/c1-2-16-12-14-17(15-13-16)21-22-19-10-6-7-11-20(19)23(21)18-8-4-3-5-9-18;/h3-15,19-20H,2H2,1H3;1H. The molecule has 4 rings (SSSR count). The molecule has 2 aliphatic rings. The summed E-state index contributed by atoms with van der Waals surface area (Å²) in [4.78, 5) is 7.35. The Morgan fingerprint density at radius 1 is 0.917 bits per heavy atom. The van der Waals surface area contributed by atoms with E-state index >= 15 is 0 Å². The maximum atomic E-state index is 5.00. The van der Waals surface area contributed by atoms with Gasteiger partial charge < -0.3 is 4.90 Å². The molecule has 3 heteroatoms. The number of anilines is 1. The molecule has 0 spiro atoms. The van der Waals surface area contributed by atoms with Crippen LogP contribution in [0.15, 0.2) is 83.9 Å². The van der Waals surface area contributed by atoms with E-state index in [2.05, 4.69) is 90.7 Å². The first-order valence-electron chi connectivity index (χ1n) is 8.23. The third kappa shape index (κ3) is 3.05. The van der Waals surface area contributed by atoms with E-state index in [1.807, 2.05) is 0 Å². The lowest BCUT2D eigenvalue weighted by atomic mass is 10.0. The predicted molar refractivity (Wildman–Crippen MR) is 113 cm³/mol. The number of fused-ring (bicyclic) bond motifs is 1. The molecule has 0 saturated heterocycles. The molecule has 2 nitrogen and oxygen atoms in total. The van der Waals surface area contributed by atoms with Gasteiger partial charge in [0.2, 0.25) is 0 Å². The van der Waals surface area contributed by atoms with E-state index in [1.165, 1.54) is 16.8 Å². The Balaban J connectivity index is 0.00000169. The lowest BCUT2D eigenvalue weighted by Crippen LogP contribution is -2.39. The topological polar surface area (TPSA) is 15.6 Å². The minimum Gasteiger partial charge on any atom is -0.317 e. The van der Waals surface area contributed by atoms with Crippen LogP contribution in [0.5, 0.6) is 0 Å². The molecule has 2 aromatic rings. The summed E-state index contributed by atoms with van der Waals surface area (Å²) in [6.45, 7) is 2.18. The number of aliphatic imine (C=N–C) groups is 1. The highest BCUT2D eigenvalue weighted by Crippen LogP contribution is 2.31. The highest BCUT2D eigenvalue weighted by Gasteiger charge is 2.35. The van der Waals surface area contributed by atoms with E-state index in [-0.39, 0.29) is 36.1 Å². The van der Waals surface area contributed by atoms with Crippen molar-refractivity contribution < 1.29 is 0 Å². The molecule has 1 aliphatic carbocycles. The predicted octanol–water partition coefficient (Wildman–Crippen LogP) is 5.00. The van der Waals surface area contributed by atoms with Crippen LogP contribution in [-0.4, -0.2) is 17.9 Å². The molecule has 122 valence electrons. The molecule has 2 atom stereocenters. The van der Waals surface area contributed by atoms with Gasteiger partial charge in [0.1, 0.15) is 5.84 Å². The smallest absolute Gasteiger partial charge is 0.136 e. The van der Waals surface area contributed by atoms with Crippen molar-refractivity contribution in [2.75, 3.05) is 4.90 Å². The molecule has 1 aliphatic heterocycles. The molecule has 0 N–H and O–H groups in total. The van der Waals surface area contributed by atoms with Gasteiger partial charge in [-0.3, -0.25) is 4.99 Å². The maximum absolute atomic E-state index is 5.00. The van der Waals surface area contributed by atoms with Gasteiger partial charge in [-0.25, -0.2) is 0 Å². The van der Waals surface area contributed by atoms with Crippen LogP contribution in [0.1, 0.15) is 18.1 Å². The normalized spacial score (nSPS) is 21.2. The fraction of sp³-hybridized carbons (Fsp3) is 0.190. The third-order valence-electron chi connectivity index (χ3n) is 4.53. The summed E-state index contributed by atoms with van der Waals surface area (Å²) in [5, 5.41) is 0. The second-order valence-corrected chi connectivity index (χ2v) is 5.96. The van der Waals surface area contributed by atoms with Crippen molar-refractivity contribution in [1.82, 2.24) is 0 Å². The average Bonchev–Trinajstić information content (AvgIpc) is 3.02. The van der Waals surface area contributed by atoms with Crippen LogP contribution in [0, 0.1) is 0 Å². The third-order valence-corrected chi connectivity index (χ3v) is 4.53. The van der Waals surface area contributed by atoms with E-state index in [0.29, 0.717) is 0 Å². The molecule has 0 radical (unpaired) electrons. The highest BCUT2D eigenvalue weighted by molar-refractivity contribution is 14.0. The van der Waals surface area contributed by atoms with Crippen molar-refractivity contribution in [3.63, 3.8) is 0 Å². The molecule has 2 aromatic carbocycles. The number of allylic oxidation sites excluding steroid dienone is 2. The molecular weight excluding hydrogens is 407 g/mol. The van der Waals surface area contributed by atoms with Crippen LogP contribution < -0.4 is 4.90 Å². The first-order valence-corrected chi connectivity index (χ1v) is 8.23. The zero-order chi connectivity index (χ0) is 15.6. The average molecular weight is 428 g/mol. The number of para-hydroxylation sites is 1. The number of amidine groups is 1. The van der Waals surface area contributed by atoms with Gasteiger partial charge in [-0.2, -0.15) is 0 Å². The van der Waals surface area contributed by atoms with Crippen molar-refractivity contribution in [3.8, 4) is 0 Å².